The molecule has 1 heterocycles. The molecule has 0 bridgehead atoms. The van der Waals surface area contributed by atoms with E-state index in [2.05, 4.69) is 10.3 Å². The summed E-state index contributed by atoms with van der Waals surface area (Å²) in [5.74, 6) is 0. The van der Waals surface area contributed by atoms with Crippen LogP contribution in [0.3, 0.4) is 0 Å². The van der Waals surface area contributed by atoms with Crippen molar-refractivity contribution in [2.75, 3.05) is 6.61 Å². The van der Waals surface area contributed by atoms with E-state index in [-0.39, 0.29) is 13.2 Å². The van der Waals surface area contributed by atoms with Crippen molar-refractivity contribution in [2.45, 2.75) is 26.0 Å². The van der Waals surface area contributed by atoms with Gasteiger partial charge in [-0.3, -0.25) is 4.98 Å². The van der Waals surface area contributed by atoms with Crippen molar-refractivity contribution in [2.24, 2.45) is 0 Å². The lowest BCUT2D eigenvalue weighted by Crippen LogP contribution is -2.39. The van der Waals surface area contributed by atoms with E-state index in [9.17, 15) is 9.90 Å². The molecule has 22 heavy (non-hydrogen) atoms. The van der Waals surface area contributed by atoms with Crippen LogP contribution in [0.1, 0.15) is 17.0 Å². The van der Waals surface area contributed by atoms with E-state index in [4.69, 9.17) is 4.74 Å². The van der Waals surface area contributed by atoms with E-state index in [1.807, 2.05) is 55.5 Å². The topological polar surface area (TPSA) is 71.5 Å². The molecular weight excluding hydrogens is 280 g/mol. The summed E-state index contributed by atoms with van der Waals surface area (Å²) in [4.78, 5) is 16.1. The van der Waals surface area contributed by atoms with Gasteiger partial charge in [-0.2, -0.15) is 0 Å². The molecule has 0 aliphatic carbocycles. The van der Waals surface area contributed by atoms with E-state index in [1.54, 1.807) is 0 Å². The van der Waals surface area contributed by atoms with E-state index < -0.39 is 12.1 Å². The SMILES string of the molecule is Cc1cccc(CC(CO)NC(=O)OCc2ccccc2)n1. The maximum absolute atomic E-state index is 11.8. The fourth-order valence-corrected chi connectivity index (χ4v) is 2.06. The number of carbonyl (C=O) groups excluding carboxylic acids is 1. The predicted octanol–water partition coefficient (Wildman–Crippen LogP) is 2.22. The summed E-state index contributed by atoms with van der Waals surface area (Å²) in [5, 5.41) is 12.0. The van der Waals surface area contributed by atoms with Crippen LogP contribution in [0.4, 0.5) is 4.79 Å². The van der Waals surface area contributed by atoms with E-state index in [0.29, 0.717) is 6.42 Å². The van der Waals surface area contributed by atoms with Crippen molar-refractivity contribution in [3.8, 4) is 0 Å². The fourth-order valence-electron chi connectivity index (χ4n) is 2.06. The first-order valence-electron chi connectivity index (χ1n) is 7.18. The number of ether oxygens (including phenoxy) is 1. The molecule has 0 aliphatic rings. The molecule has 0 fully saturated rings. The Morgan fingerprint density at radius 1 is 1.23 bits per heavy atom. The number of hydrogen-bond acceptors (Lipinski definition) is 4. The van der Waals surface area contributed by atoms with Gasteiger partial charge in [0.15, 0.2) is 0 Å². The first-order valence-corrected chi connectivity index (χ1v) is 7.18. The Hall–Kier alpha value is -2.40. The Balaban J connectivity index is 1.83. The summed E-state index contributed by atoms with van der Waals surface area (Å²) in [6, 6.07) is 14.7. The molecule has 5 nitrogen and oxygen atoms in total. The largest absolute Gasteiger partial charge is 0.445 e. The first-order chi connectivity index (χ1) is 10.7. The van der Waals surface area contributed by atoms with Gasteiger partial charge >= 0.3 is 6.09 Å². The van der Waals surface area contributed by atoms with Crippen molar-refractivity contribution in [1.82, 2.24) is 10.3 Å². The molecule has 0 saturated heterocycles. The molecule has 2 N–H and O–H groups in total. The Morgan fingerprint density at radius 2 is 2.00 bits per heavy atom. The number of aromatic nitrogens is 1. The minimum atomic E-state index is -0.546. The monoisotopic (exact) mass is 300 g/mol. The number of carbonyl (C=O) groups is 1. The highest BCUT2D eigenvalue weighted by Gasteiger charge is 2.14. The van der Waals surface area contributed by atoms with E-state index in [0.717, 1.165) is 17.0 Å². The smallest absolute Gasteiger partial charge is 0.407 e. The minimum absolute atomic E-state index is 0.171. The second kappa shape index (κ2) is 8.14. The van der Waals surface area contributed by atoms with Crippen LogP contribution >= 0.6 is 0 Å². The van der Waals surface area contributed by atoms with Crippen LogP contribution in [0, 0.1) is 6.92 Å². The maximum atomic E-state index is 11.8. The third-order valence-corrected chi connectivity index (χ3v) is 3.16. The lowest BCUT2D eigenvalue weighted by Gasteiger charge is -2.16. The summed E-state index contributed by atoms with van der Waals surface area (Å²) in [7, 11) is 0. The molecule has 1 aromatic carbocycles. The van der Waals surface area contributed by atoms with Crippen LogP contribution in [0.15, 0.2) is 48.5 Å². The second-order valence-corrected chi connectivity index (χ2v) is 5.06. The van der Waals surface area contributed by atoms with Crippen molar-refractivity contribution >= 4 is 6.09 Å². The van der Waals surface area contributed by atoms with Gasteiger partial charge in [-0.05, 0) is 24.6 Å². The van der Waals surface area contributed by atoms with Gasteiger partial charge in [0.2, 0.25) is 0 Å². The van der Waals surface area contributed by atoms with Gasteiger partial charge in [-0.1, -0.05) is 36.4 Å². The highest BCUT2D eigenvalue weighted by Crippen LogP contribution is 2.04. The van der Waals surface area contributed by atoms with Crippen LogP contribution in [0.2, 0.25) is 0 Å². The van der Waals surface area contributed by atoms with E-state index in [1.165, 1.54) is 0 Å². The minimum Gasteiger partial charge on any atom is -0.445 e. The zero-order valence-corrected chi connectivity index (χ0v) is 12.5. The first kappa shape index (κ1) is 16.0. The van der Waals surface area contributed by atoms with Gasteiger partial charge in [0.25, 0.3) is 0 Å². The zero-order valence-electron chi connectivity index (χ0n) is 12.5. The summed E-state index contributed by atoms with van der Waals surface area (Å²) in [6.45, 7) is 1.93. The molecule has 0 aliphatic heterocycles. The molecule has 5 heteroatoms. The summed E-state index contributed by atoms with van der Waals surface area (Å²) >= 11 is 0. The number of pyridine rings is 1. The lowest BCUT2D eigenvalue weighted by molar-refractivity contribution is 0.129. The molecule has 2 rings (SSSR count). The van der Waals surface area contributed by atoms with Crippen LogP contribution in [-0.2, 0) is 17.8 Å². The average Bonchev–Trinajstić information content (AvgIpc) is 2.53. The molecule has 1 atom stereocenters. The lowest BCUT2D eigenvalue weighted by atomic mass is 10.1. The quantitative estimate of drug-likeness (QED) is 0.858. The van der Waals surface area contributed by atoms with Crippen molar-refractivity contribution < 1.29 is 14.6 Å². The molecule has 1 amide bonds. The van der Waals surface area contributed by atoms with Crippen LogP contribution in [0.25, 0.3) is 0 Å². The third-order valence-electron chi connectivity index (χ3n) is 3.16. The van der Waals surface area contributed by atoms with Crippen LogP contribution in [0.5, 0.6) is 0 Å². The number of aliphatic hydroxyl groups is 1. The number of hydrogen-bond donors (Lipinski definition) is 2. The summed E-state index contributed by atoms with van der Waals surface area (Å²) in [6.07, 6.45) is -0.0888. The molecular formula is C17H20N2O3. The fraction of sp³-hybridized carbons (Fsp3) is 0.294. The molecule has 116 valence electrons. The van der Waals surface area contributed by atoms with Gasteiger partial charge in [0, 0.05) is 17.8 Å². The summed E-state index contributed by atoms with van der Waals surface area (Å²) in [5.41, 5.74) is 2.64. The zero-order chi connectivity index (χ0) is 15.8. The third kappa shape index (κ3) is 5.18. The molecule has 0 spiro atoms. The number of rotatable bonds is 6. The Morgan fingerprint density at radius 3 is 2.68 bits per heavy atom. The number of aryl methyl sites for hydroxylation is 1. The van der Waals surface area contributed by atoms with Crippen molar-refractivity contribution in [3.05, 3.63) is 65.5 Å². The van der Waals surface area contributed by atoms with Crippen molar-refractivity contribution in [3.63, 3.8) is 0 Å². The maximum Gasteiger partial charge on any atom is 0.407 e. The van der Waals surface area contributed by atoms with E-state index >= 15 is 0 Å². The number of amides is 1. The number of nitrogens with zero attached hydrogens (tertiary/aromatic N) is 1. The Bertz CT molecular complexity index is 602. The number of alkyl carbamates (subject to hydrolysis) is 1. The van der Waals surface area contributed by atoms with Crippen molar-refractivity contribution in [1.29, 1.82) is 0 Å². The van der Waals surface area contributed by atoms with Crippen LogP contribution in [-0.4, -0.2) is 28.8 Å². The number of aliphatic hydroxyl groups excluding tert-OH is 1. The van der Waals surface area contributed by atoms with Gasteiger partial charge in [-0.25, -0.2) is 4.79 Å². The highest BCUT2D eigenvalue weighted by molar-refractivity contribution is 5.67. The molecule has 1 unspecified atom stereocenters. The molecule has 1 aromatic heterocycles. The Labute approximate surface area is 130 Å². The normalized spacial score (nSPS) is 11.7. The number of nitrogens with one attached hydrogen (secondary N) is 1. The Kier molecular flexibility index (Phi) is 5.91. The highest BCUT2D eigenvalue weighted by atomic mass is 16.5. The second-order valence-electron chi connectivity index (χ2n) is 5.06. The standard InChI is InChI=1S/C17H20N2O3/c1-13-6-5-9-15(18-13)10-16(11-20)19-17(21)22-12-14-7-3-2-4-8-14/h2-9,16,20H,10-12H2,1H3,(H,19,21). The predicted molar refractivity (Wildman–Crippen MR) is 83.3 cm³/mol. The van der Waals surface area contributed by atoms with Gasteiger partial charge in [-0.15, -0.1) is 0 Å². The molecule has 2 aromatic rings. The van der Waals surface area contributed by atoms with Crippen LogP contribution < -0.4 is 5.32 Å². The number of benzene rings is 1. The van der Waals surface area contributed by atoms with Gasteiger partial charge in [0.05, 0.1) is 12.6 Å². The average molecular weight is 300 g/mol. The molecule has 0 radical (unpaired) electrons. The summed E-state index contributed by atoms with van der Waals surface area (Å²) < 4.78 is 5.14. The van der Waals surface area contributed by atoms with Gasteiger partial charge in [0.1, 0.15) is 6.61 Å². The van der Waals surface area contributed by atoms with Gasteiger partial charge < -0.3 is 15.2 Å². The molecule has 0 saturated carbocycles.